The molecule has 1 aliphatic rings. The summed E-state index contributed by atoms with van der Waals surface area (Å²) in [5.41, 5.74) is 10.3. The van der Waals surface area contributed by atoms with Gasteiger partial charge in [-0.15, -0.1) is 11.3 Å². The summed E-state index contributed by atoms with van der Waals surface area (Å²) in [4.78, 5) is 1.22. The van der Waals surface area contributed by atoms with Gasteiger partial charge in [0.05, 0.1) is 9.83 Å². The quantitative estimate of drug-likeness (QED) is 0.826. The summed E-state index contributed by atoms with van der Waals surface area (Å²) in [6, 6.07) is 11.1. The Morgan fingerprint density at radius 3 is 2.42 bits per heavy atom. The van der Waals surface area contributed by atoms with Crippen molar-refractivity contribution in [1.29, 1.82) is 0 Å². The van der Waals surface area contributed by atoms with E-state index in [4.69, 9.17) is 5.73 Å². The molecule has 0 bridgehead atoms. The SMILES string of the molecule is Cc1cc(C(N)c2ccc(C3CCC3)cc2)sc1Br. The summed E-state index contributed by atoms with van der Waals surface area (Å²) in [6.45, 7) is 2.11. The Balaban J connectivity index is 1.81. The van der Waals surface area contributed by atoms with E-state index in [-0.39, 0.29) is 6.04 Å². The zero-order chi connectivity index (χ0) is 13.4. The van der Waals surface area contributed by atoms with Gasteiger partial charge in [0, 0.05) is 4.88 Å². The van der Waals surface area contributed by atoms with Gasteiger partial charge in [0.25, 0.3) is 0 Å². The van der Waals surface area contributed by atoms with E-state index >= 15 is 0 Å². The van der Waals surface area contributed by atoms with Crippen LogP contribution in [0.15, 0.2) is 34.1 Å². The van der Waals surface area contributed by atoms with Crippen LogP contribution in [0, 0.1) is 6.92 Å². The van der Waals surface area contributed by atoms with Gasteiger partial charge in [0.15, 0.2) is 0 Å². The fraction of sp³-hybridized carbons (Fsp3) is 0.375. The van der Waals surface area contributed by atoms with Crippen LogP contribution >= 0.6 is 27.3 Å². The first-order valence-corrected chi connectivity index (χ1v) is 8.37. The molecule has 0 aliphatic heterocycles. The highest BCUT2D eigenvalue weighted by atomic mass is 79.9. The van der Waals surface area contributed by atoms with Gasteiger partial charge in [0.2, 0.25) is 0 Å². The summed E-state index contributed by atoms with van der Waals surface area (Å²) in [6.07, 6.45) is 4.08. The standard InChI is InChI=1S/C16H18BrNS/c1-10-9-14(19-16(10)17)15(18)13-7-5-12(6-8-13)11-3-2-4-11/h5-9,11,15H,2-4,18H2,1H3. The second kappa shape index (κ2) is 5.39. The molecule has 0 spiro atoms. The Bertz CT molecular complexity index is 549. The maximum absolute atomic E-state index is 6.36. The Labute approximate surface area is 127 Å². The number of benzene rings is 1. The van der Waals surface area contributed by atoms with E-state index in [1.807, 2.05) is 0 Å². The van der Waals surface area contributed by atoms with E-state index in [1.54, 1.807) is 11.3 Å². The van der Waals surface area contributed by atoms with E-state index in [9.17, 15) is 0 Å². The highest BCUT2D eigenvalue weighted by Crippen LogP contribution is 2.37. The van der Waals surface area contributed by atoms with Crippen LogP contribution in [0.25, 0.3) is 0 Å². The van der Waals surface area contributed by atoms with Crippen LogP contribution in [0.5, 0.6) is 0 Å². The fourth-order valence-corrected chi connectivity index (χ4v) is 4.12. The zero-order valence-electron chi connectivity index (χ0n) is 11.0. The van der Waals surface area contributed by atoms with E-state index in [1.165, 1.54) is 44.6 Å². The zero-order valence-corrected chi connectivity index (χ0v) is 13.4. The molecule has 1 aliphatic carbocycles. The largest absolute Gasteiger partial charge is 0.320 e. The lowest BCUT2D eigenvalue weighted by atomic mass is 9.80. The molecule has 1 unspecified atom stereocenters. The van der Waals surface area contributed by atoms with Crippen LogP contribution in [-0.4, -0.2) is 0 Å². The Morgan fingerprint density at radius 1 is 1.26 bits per heavy atom. The van der Waals surface area contributed by atoms with Crippen LogP contribution in [0.3, 0.4) is 0 Å². The number of rotatable bonds is 3. The first kappa shape index (κ1) is 13.3. The fourth-order valence-electron chi connectivity index (χ4n) is 2.52. The van der Waals surface area contributed by atoms with Gasteiger partial charge in [-0.05, 0) is 64.4 Å². The van der Waals surface area contributed by atoms with Crippen LogP contribution in [0.1, 0.15) is 52.8 Å². The van der Waals surface area contributed by atoms with Gasteiger partial charge in [-0.25, -0.2) is 0 Å². The highest BCUT2D eigenvalue weighted by molar-refractivity contribution is 9.11. The third kappa shape index (κ3) is 2.64. The molecule has 3 rings (SSSR count). The van der Waals surface area contributed by atoms with Gasteiger partial charge >= 0.3 is 0 Å². The molecule has 0 saturated heterocycles. The Morgan fingerprint density at radius 2 is 1.95 bits per heavy atom. The van der Waals surface area contributed by atoms with Gasteiger partial charge in [-0.2, -0.15) is 0 Å². The molecule has 1 fully saturated rings. The lowest BCUT2D eigenvalue weighted by Gasteiger charge is -2.26. The first-order chi connectivity index (χ1) is 9.15. The molecule has 0 amide bonds. The second-order valence-electron chi connectivity index (χ2n) is 5.38. The molecule has 100 valence electrons. The summed E-state index contributed by atoms with van der Waals surface area (Å²) in [5.74, 6) is 0.795. The second-order valence-corrected chi connectivity index (χ2v) is 7.78. The van der Waals surface area contributed by atoms with Crippen molar-refractivity contribution in [3.05, 3.63) is 55.7 Å². The van der Waals surface area contributed by atoms with E-state index in [0.717, 1.165) is 5.92 Å². The maximum Gasteiger partial charge on any atom is 0.0731 e. The molecule has 1 aromatic heterocycles. The Kier molecular flexibility index (Phi) is 3.79. The molecule has 0 radical (unpaired) electrons. The van der Waals surface area contributed by atoms with Crippen molar-refractivity contribution in [2.24, 2.45) is 5.73 Å². The molecular weight excluding hydrogens is 318 g/mol. The van der Waals surface area contributed by atoms with Crippen molar-refractivity contribution in [2.45, 2.75) is 38.1 Å². The minimum Gasteiger partial charge on any atom is -0.320 e. The predicted molar refractivity (Wildman–Crippen MR) is 85.8 cm³/mol. The van der Waals surface area contributed by atoms with E-state index in [0.29, 0.717) is 0 Å². The van der Waals surface area contributed by atoms with Crippen molar-refractivity contribution in [1.82, 2.24) is 0 Å². The minimum absolute atomic E-state index is 0.00885. The van der Waals surface area contributed by atoms with Crippen molar-refractivity contribution < 1.29 is 0 Å². The van der Waals surface area contributed by atoms with Crippen LogP contribution in [0.2, 0.25) is 0 Å². The monoisotopic (exact) mass is 335 g/mol. The topological polar surface area (TPSA) is 26.0 Å². The number of aryl methyl sites for hydroxylation is 1. The molecule has 3 heteroatoms. The number of hydrogen-bond acceptors (Lipinski definition) is 2. The molecule has 1 atom stereocenters. The molecule has 19 heavy (non-hydrogen) atoms. The summed E-state index contributed by atoms with van der Waals surface area (Å²) >= 11 is 5.30. The van der Waals surface area contributed by atoms with Crippen LogP contribution < -0.4 is 5.73 Å². The lowest BCUT2D eigenvalue weighted by molar-refractivity contribution is 0.419. The normalized spacial score (nSPS) is 17.2. The Hall–Kier alpha value is -0.640. The molecule has 2 aromatic rings. The number of nitrogens with two attached hydrogens (primary N) is 1. The molecule has 2 N–H and O–H groups in total. The average molecular weight is 336 g/mol. The van der Waals surface area contributed by atoms with E-state index < -0.39 is 0 Å². The van der Waals surface area contributed by atoms with Gasteiger partial charge in [-0.3, -0.25) is 0 Å². The third-order valence-corrected chi connectivity index (χ3v) is 6.27. The molecule has 1 saturated carbocycles. The summed E-state index contributed by atoms with van der Waals surface area (Å²) < 4.78 is 1.18. The molecule has 1 nitrogen and oxygen atoms in total. The molecule has 1 heterocycles. The number of halogens is 1. The summed E-state index contributed by atoms with van der Waals surface area (Å²) in [5, 5.41) is 0. The average Bonchev–Trinajstić information content (AvgIpc) is 2.68. The first-order valence-electron chi connectivity index (χ1n) is 6.76. The van der Waals surface area contributed by atoms with Crippen molar-refractivity contribution in [2.75, 3.05) is 0 Å². The summed E-state index contributed by atoms with van der Waals surface area (Å²) in [7, 11) is 0. The lowest BCUT2D eigenvalue weighted by Crippen LogP contribution is -2.12. The van der Waals surface area contributed by atoms with Crippen molar-refractivity contribution in [3.63, 3.8) is 0 Å². The number of hydrogen-bond donors (Lipinski definition) is 1. The van der Waals surface area contributed by atoms with E-state index in [2.05, 4.69) is 53.2 Å². The molecular formula is C16H18BrNS. The van der Waals surface area contributed by atoms with Crippen LogP contribution in [-0.2, 0) is 0 Å². The minimum atomic E-state index is -0.00885. The number of thiophene rings is 1. The third-order valence-electron chi connectivity index (χ3n) is 4.05. The van der Waals surface area contributed by atoms with Crippen molar-refractivity contribution >= 4 is 27.3 Å². The van der Waals surface area contributed by atoms with Gasteiger partial charge < -0.3 is 5.73 Å². The van der Waals surface area contributed by atoms with Crippen molar-refractivity contribution in [3.8, 4) is 0 Å². The van der Waals surface area contributed by atoms with Gasteiger partial charge in [0.1, 0.15) is 0 Å². The predicted octanol–water partition coefficient (Wildman–Crippen LogP) is 5.13. The highest BCUT2D eigenvalue weighted by Gasteiger charge is 2.20. The maximum atomic E-state index is 6.36. The van der Waals surface area contributed by atoms with Crippen LogP contribution in [0.4, 0.5) is 0 Å². The molecule has 1 aromatic carbocycles. The van der Waals surface area contributed by atoms with Gasteiger partial charge in [-0.1, -0.05) is 30.7 Å². The smallest absolute Gasteiger partial charge is 0.0731 e.